The fourth-order valence-corrected chi connectivity index (χ4v) is 8.46. The minimum absolute atomic E-state index is 0.185. The molecule has 2 nitrogen and oxygen atoms in total. The number of hydrogen-bond donors (Lipinski definition) is 0. The number of hydrogen-bond acceptors (Lipinski definition) is 2. The molecule has 0 heterocycles. The second-order valence-electron chi connectivity index (χ2n) is 15.6. The van der Waals surface area contributed by atoms with E-state index in [1.165, 1.54) is 67.0 Å². The van der Waals surface area contributed by atoms with Crippen LogP contribution >= 0.6 is 0 Å². The average Bonchev–Trinajstić information content (AvgIpc) is 3.35. The van der Waals surface area contributed by atoms with Gasteiger partial charge in [0.15, 0.2) is 0 Å². The van der Waals surface area contributed by atoms with Crippen LogP contribution in [0.4, 0.5) is 28.4 Å². The number of allylic oxidation sites excluding steroid dienone is 6. The summed E-state index contributed by atoms with van der Waals surface area (Å²) in [4.78, 5) is 4.80. The standard InChI is InChI=1S/C60H50N2/c1-3-14-45(4-2)48-21-23-49(24-22-48)52-29-39-56(40-30-52)61(55-19-12-7-13-20-55)57-41-31-53(32-42-57)54-33-43-60(44-34-54)62(58-35-25-50(26-36-58)46-15-8-5-9-16-46)59-37-27-51(28-38-59)47-17-10-6-11-18-47/h3-39,41-44,56H,40H2,1-2H3. The lowest BCUT2D eigenvalue weighted by atomic mass is 9.94. The maximum Gasteiger partial charge on any atom is 0.0560 e. The van der Waals surface area contributed by atoms with E-state index in [-0.39, 0.29) is 6.04 Å². The summed E-state index contributed by atoms with van der Waals surface area (Å²) in [6.45, 7) is 4.15. The van der Waals surface area contributed by atoms with E-state index in [0.717, 1.165) is 23.5 Å². The largest absolute Gasteiger partial charge is 0.334 e. The van der Waals surface area contributed by atoms with Crippen molar-refractivity contribution >= 4 is 39.6 Å². The summed E-state index contributed by atoms with van der Waals surface area (Å²) in [6, 6.07) is 76.7. The molecule has 2 heteroatoms. The molecule has 1 aliphatic rings. The van der Waals surface area contributed by atoms with E-state index < -0.39 is 0 Å². The van der Waals surface area contributed by atoms with Crippen LogP contribution in [0.5, 0.6) is 0 Å². The molecule has 1 aliphatic carbocycles. The van der Waals surface area contributed by atoms with E-state index in [0.29, 0.717) is 0 Å². The number of rotatable bonds is 12. The van der Waals surface area contributed by atoms with Crippen molar-refractivity contribution in [1.29, 1.82) is 0 Å². The minimum Gasteiger partial charge on any atom is -0.334 e. The molecule has 62 heavy (non-hydrogen) atoms. The van der Waals surface area contributed by atoms with E-state index in [2.05, 4.69) is 272 Å². The molecule has 9 rings (SSSR count). The van der Waals surface area contributed by atoms with E-state index in [9.17, 15) is 0 Å². The van der Waals surface area contributed by atoms with Crippen molar-refractivity contribution in [2.24, 2.45) is 0 Å². The lowest BCUT2D eigenvalue weighted by Gasteiger charge is -2.33. The summed E-state index contributed by atoms with van der Waals surface area (Å²) in [6.07, 6.45) is 14.3. The first-order chi connectivity index (χ1) is 30.6. The van der Waals surface area contributed by atoms with Gasteiger partial charge in [0.2, 0.25) is 0 Å². The Morgan fingerprint density at radius 3 is 1.21 bits per heavy atom. The van der Waals surface area contributed by atoms with Gasteiger partial charge in [-0.15, -0.1) is 0 Å². The second-order valence-corrected chi connectivity index (χ2v) is 15.6. The third-order valence-corrected chi connectivity index (χ3v) is 11.7. The van der Waals surface area contributed by atoms with Crippen molar-refractivity contribution in [1.82, 2.24) is 0 Å². The molecular weight excluding hydrogens is 749 g/mol. The molecule has 8 aromatic rings. The first-order valence-electron chi connectivity index (χ1n) is 21.6. The normalized spacial score (nSPS) is 13.8. The van der Waals surface area contributed by atoms with Crippen LogP contribution in [0.2, 0.25) is 0 Å². The summed E-state index contributed by atoms with van der Waals surface area (Å²) in [5.41, 5.74) is 17.8. The van der Waals surface area contributed by atoms with Crippen LogP contribution in [-0.4, -0.2) is 6.04 Å². The summed E-state index contributed by atoms with van der Waals surface area (Å²) in [5, 5.41) is 0. The summed E-state index contributed by atoms with van der Waals surface area (Å²) in [5.74, 6) is 0. The zero-order chi connectivity index (χ0) is 42.1. The van der Waals surface area contributed by atoms with E-state index in [1.807, 2.05) is 0 Å². The average molecular weight is 799 g/mol. The van der Waals surface area contributed by atoms with Gasteiger partial charge in [0.05, 0.1) is 6.04 Å². The highest BCUT2D eigenvalue weighted by atomic mass is 15.2. The van der Waals surface area contributed by atoms with Crippen LogP contribution in [0.15, 0.2) is 249 Å². The Morgan fingerprint density at radius 1 is 0.419 bits per heavy atom. The molecule has 300 valence electrons. The first kappa shape index (κ1) is 39.8. The Balaban J connectivity index is 0.967. The predicted molar refractivity (Wildman–Crippen MR) is 266 cm³/mol. The van der Waals surface area contributed by atoms with Crippen LogP contribution in [0.3, 0.4) is 0 Å². The topological polar surface area (TPSA) is 6.48 Å². The van der Waals surface area contributed by atoms with Gasteiger partial charge in [-0.25, -0.2) is 0 Å². The Morgan fingerprint density at radius 2 is 0.806 bits per heavy atom. The summed E-state index contributed by atoms with van der Waals surface area (Å²) >= 11 is 0. The molecule has 0 radical (unpaired) electrons. The van der Waals surface area contributed by atoms with Crippen molar-refractivity contribution in [2.45, 2.75) is 26.3 Å². The van der Waals surface area contributed by atoms with Gasteiger partial charge in [-0.1, -0.05) is 188 Å². The molecule has 1 unspecified atom stereocenters. The van der Waals surface area contributed by atoms with Crippen molar-refractivity contribution in [2.75, 3.05) is 9.80 Å². The Kier molecular flexibility index (Phi) is 12.0. The van der Waals surface area contributed by atoms with Gasteiger partial charge in [-0.05, 0) is 137 Å². The SMILES string of the molecule is CC=CC(=CC)c1ccc(C2=CCC(N(c3ccccc3)c3ccc(-c4ccc(N(c5ccc(-c6ccccc6)cc5)c5ccc(-c6ccccc6)cc5)cc4)cc3)C=C2)cc1. The predicted octanol–water partition coefficient (Wildman–Crippen LogP) is 16.7. The number of nitrogens with zero attached hydrogens (tertiary/aromatic N) is 2. The molecule has 0 fully saturated rings. The molecule has 0 aliphatic heterocycles. The number of para-hydroxylation sites is 1. The van der Waals surface area contributed by atoms with Gasteiger partial charge in [0, 0.05) is 28.4 Å². The highest BCUT2D eigenvalue weighted by Crippen LogP contribution is 2.39. The zero-order valence-electron chi connectivity index (χ0n) is 35.4. The van der Waals surface area contributed by atoms with E-state index >= 15 is 0 Å². The summed E-state index contributed by atoms with van der Waals surface area (Å²) < 4.78 is 0. The molecule has 0 bridgehead atoms. The van der Waals surface area contributed by atoms with Crippen molar-refractivity contribution in [3.8, 4) is 33.4 Å². The highest BCUT2D eigenvalue weighted by Gasteiger charge is 2.21. The van der Waals surface area contributed by atoms with Gasteiger partial charge in [0.1, 0.15) is 0 Å². The Labute approximate surface area is 367 Å². The first-order valence-corrected chi connectivity index (χ1v) is 21.6. The van der Waals surface area contributed by atoms with Crippen LogP contribution < -0.4 is 9.80 Å². The second kappa shape index (κ2) is 18.7. The fraction of sp³-hybridized carbons (Fsp3) is 0.0667. The van der Waals surface area contributed by atoms with Crippen molar-refractivity contribution < 1.29 is 0 Å². The van der Waals surface area contributed by atoms with Gasteiger partial charge >= 0.3 is 0 Å². The maximum atomic E-state index is 2.46. The molecule has 0 N–H and O–H groups in total. The lowest BCUT2D eigenvalue weighted by Crippen LogP contribution is -2.30. The van der Waals surface area contributed by atoms with Crippen molar-refractivity contribution in [3.05, 3.63) is 260 Å². The zero-order valence-corrected chi connectivity index (χ0v) is 35.4. The van der Waals surface area contributed by atoms with Gasteiger partial charge in [-0.2, -0.15) is 0 Å². The van der Waals surface area contributed by atoms with Crippen LogP contribution in [0.1, 0.15) is 31.4 Å². The molecule has 0 amide bonds. The minimum atomic E-state index is 0.185. The van der Waals surface area contributed by atoms with Gasteiger partial charge in [-0.3, -0.25) is 0 Å². The van der Waals surface area contributed by atoms with Crippen LogP contribution in [-0.2, 0) is 0 Å². The number of benzene rings is 8. The quantitative estimate of drug-likeness (QED) is 0.114. The maximum absolute atomic E-state index is 2.46. The summed E-state index contributed by atoms with van der Waals surface area (Å²) in [7, 11) is 0. The highest BCUT2D eigenvalue weighted by molar-refractivity contribution is 5.83. The molecule has 1 atom stereocenters. The van der Waals surface area contributed by atoms with Crippen LogP contribution in [0.25, 0.3) is 44.5 Å². The Hall–Kier alpha value is -7.68. The van der Waals surface area contributed by atoms with Gasteiger partial charge in [0.25, 0.3) is 0 Å². The monoisotopic (exact) mass is 798 g/mol. The van der Waals surface area contributed by atoms with Crippen molar-refractivity contribution in [3.63, 3.8) is 0 Å². The fourth-order valence-electron chi connectivity index (χ4n) is 8.46. The molecule has 0 aromatic heterocycles. The molecular formula is C60H50N2. The molecule has 0 saturated carbocycles. The third kappa shape index (κ3) is 8.77. The van der Waals surface area contributed by atoms with E-state index in [4.69, 9.17) is 0 Å². The molecule has 0 saturated heterocycles. The van der Waals surface area contributed by atoms with Gasteiger partial charge < -0.3 is 9.80 Å². The third-order valence-electron chi connectivity index (χ3n) is 11.7. The van der Waals surface area contributed by atoms with Crippen LogP contribution in [0, 0.1) is 0 Å². The molecule has 8 aromatic carbocycles. The number of anilines is 5. The Bertz CT molecular complexity index is 2730. The van der Waals surface area contributed by atoms with E-state index in [1.54, 1.807) is 0 Å². The molecule has 0 spiro atoms. The lowest BCUT2D eigenvalue weighted by molar-refractivity contribution is 0.787. The smallest absolute Gasteiger partial charge is 0.0560 e.